The Morgan fingerprint density at radius 1 is 0.278 bits per heavy atom. The molecule has 2 unspecified atom stereocenters. The van der Waals surface area contributed by atoms with Crippen LogP contribution in [0.5, 0.6) is 0 Å². The minimum Gasteiger partial charge on any atom is -0.462 e. The molecule has 19 heteroatoms. The van der Waals surface area contributed by atoms with E-state index in [1.165, 1.54) is 212 Å². The highest BCUT2D eigenvalue weighted by atomic mass is 31.2. The van der Waals surface area contributed by atoms with Crippen molar-refractivity contribution in [2.24, 2.45) is 17.8 Å². The lowest BCUT2D eigenvalue weighted by Crippen LogP contribution is -2.30. The fraction of sp³-hybridized carbons (Fsp3) is 0.949. The van der Waals surface area contributed by atoms with Crippen molar-refractivity contribution < 1.29 is 80.2 Å². The Morgan fingerprint density at radius 2 is 0.474 bits per heavy atom. The molecule has 0 aromatic rings. The first-order chi connectivity index (χ1) is 46.7. The molecule has 0 aliphatic heterocycles. The summed E-state index contributed by atoms with van der Waals surface area (Å²) in [5, 5.41) is 10.6. The zero-order valence-electron chi connectivity index (χ0n) is 63.5. The van der Waals surface area contributed by atoms with Gasteiger partial charge in [-0.15, -0.1) is 0 Å². The SMILES string of the molecule is CCCCCCCCCCCCCCCCCCC(=O)OC[C@H](COP(=O)(O)OC[C@@H](O)COP(=O)(O)OC[C@@H](COC(=O)CCCCCCCCCCCC(C)C)OC(=O)CCCCCCCCCCCCC(C)C)OC(=O)CCCCCCCCCCCCCCCC(C)C. The average molecular weight is 1420 g/mol. The van der Waals surface area contributed by atoms with Crippen LogP contribution in [0.25, 0.3) is 0 Å². The molecule has 576 valence electrons. The molecule has 0 fully saturated rings. The lowest BCUT2D eigenvalue weighted by molar-refractivity contribution is -0.161. The summed E-state index contributed by atoms with van der Waals surface area (Å²) in [5.41, 5.74) is 0. The van der Waals surface area contributed by atoms with Gasteiger partial charge in [0.05, 0.1) is 26.4 Å². The molecule has 0 spiro atoms. The highest BCUT2D eigenvalue weighted by Crippen LogP contribution is 2.45. The summed E-state index contributed by atoms with van der Waals surface area (Å²) >= 11 is 0. The zero-order valence-corrected chi connectivity index (χ0v) is 65.3. The molecule has 0 aliphatic carbocycles. The molecule has 3 N–H and O–H groups in total. The first-order valence-corrected chi connectivity index (χ1v) is 43.3. The molecular formula is C78H152O17P2. The van der Waals surface area contributed by atoms with Crippen LogP contribution < -0.4 is 0 Å². The van der Waals surface area contributed by atoms with E-state index in [9.17, 15) is 43.2 Å². The monoisotopic (exact) mass is 1420 g/mol. The summed E-state index contributed by atoms with van der Waals surface area (Å²) < 4.78 is 68.6. The van der Waals surface area contributed by atoms with Gasteiger partial charge in [0.25, 0.3) is 0 Å². The van der Waals surface area contributed by atoms with Crippen molar-refractivity contribution in [3.63, 3.8) is 0 Å². The molecule has 0 bridgehead atoms. The third kappa shape index (κ3) is 72.2. The van der Waals surface area contributed by atoms with Crippen molar-refractivity contribution in [1.29, 1.82) is 0 Å². The minimum atomic E-state index is -4.96. The van der Waals surface area contributed by atoms with Crippen LogP contribution >= 0.6 is 15.6 Å². The Kier molecular flexibility index (Phi) is 67.1. The summed E-state index contributed by atoms with van der Waals surface area (Å²) in [6, 6.07) is 0. The van der Waals surface area contributed by atoms with E-state index in [-0.39, 0.29) is 25.7 Å². The number of phosphoric ester groups is 2. The van der Waals surface area contributed by atoms with E-state index < -0.39 is 97.5 Å². The van der Waals surface area contributed by atoms with E-state index in [4.69, 9.17) is 37.0 Å². The van der Waals surface area contributed by atoms with E-state index in [1.54, 1.807) is 0 Å². The molecule has 0 radical (unpaired) electrons. The first-order valence-electron chi connectivity index (χ1n) is 40.3. The van der Waals surface area contributed by atoms with E-state index in [1.807, 2.05) is 0 Å². The van der Waals surface area contributed by atoms with Crippen molar-refractivity contribution in [2.75, 3.05) is 39.6 Å². The maximum absolute atomic E-state index is 13.1. The van der Waals surface area contributed by atoms with Gasteiger partial charge >= 0.3 is 39.5 Å². The summed E-state index contributed by atoms with van der Waals surface area (Å²) in [6.07, 6.45) is 55.4. The number of ether oxygens (including phenoxy) is 4. The van der Waals surface area contributed by atoms with Gasteiger partial charge in [0, 0.05) is 25.7 Å². The topological polar surface area (TPSA) is 237 Å². The lowest BCUT2D eigenvalue weighted by atomic mass is 10.0. The molecule has 0 aromatic carbocycles. The Balaban J connectivity index is 5.27. The van der Waals surface area contributed by atoms with Crippen LogP contribution in [0.4, 0.5) is 0 Å². The third-order valence-corrected chi connectivity index (χ3v) is 20.0. The van der Waals surface area contributed by atoms with Gasteiger partial charge in [-0.3, -0.25) is 37.3 Å². The van der Waals surface area contributed by atoms with Crippen LogP contribution in [0, 0.1) is 17.8 Å². The fourth-order valence-electron chi connectivity index (χ4n) is 12.0. The van der Waals surface area contributed by atoms with E-state index >= 15 is 0 Å². The molecule has 0 aliphatic rings. The fourth-order valence-corrected chi connectivity index (χ4v) is 13.5. The van der Waals surface area contributed by atoms with Crippen LogP contribution in [0.1, 0.15) is 402 Å². The minimum absolute atomic E-state index is 0.106. The standard InChI is InChI=1S/C78H152O17P2/c1-8-9-10-11-12-13-14-15-16-17-20-23-31-38-45-52-59-75(80)88-65-73(94-77(82)61-54-47-40-32-24-21-18-19-22-28-35-42-49-56-69(2)3)67-92-96(84,85)90-63-72(79)64-91-97(86,87)93-68-74(66-89-76(81)60-53-46-39-34-27-30-37-44-51-58-71(6)7)95-78(83)62-55-48-41-33-26-25-29-36-43-50-57-70(4)5/h69-74,79H,8-68H2,1-7H3,(H,84,85)(H,86,87)/t72-,73-,74-/m1/s1. The highest BCUT2D eigenvalue weighted by molar-refractivity contribution is 7.47. The van der Waals surface area contributed by atoms with Crippen LogP contribution in [-0.2, 0) is 65.4 Å². The van der Waals surface area contributed by atoms with Crippen molar-refractivity contribution in [2.45, 2.75) is 420 Å². The number of carbonyl (C=O) groups is 4. The smallest absolute Gasteiger partial charge is 0.462 e. The molecule has 0 aromatic heterocycles. The van der Waals surface area contributed by atoms with Gasteiger partial charge in [0.1, 0.15) is 19.3 Å². The van der Waals surface area contributed by atoms with Gasteiger partial charge in [-0.25, -0.2) is 9.13 Å². The molecule has 5 atom stereocenters. The molecule has 0 amide bonds. The van der Waals surface area contributed by atoms with E-state index in [0.29, 0.717) is 25.7 Å². The first kappa shape index (κ1) is 95.1. The predicted molar refractivity (Wildman–Crippen MR) is 395 cm³/mol. The van der Waals surface area contributed by atoms with Crippen LogP contribution in [0.2, 0.25) is 0 Å². The average Bonchev–Trinajstić information content (AvgIpc) is 1.13. The van der Waals surface area contributed by atoms with Gasteiger partial charge < -0.3 is 33.8 Å². The summed E-state index contributed by atoms with van der Waals surface area (Å²) in [6.45, 7) is 11.9. The van der Waals surface area contributed by atoms with Crippen molar-refractivity contribution in [1.82, 2.24) is 0 Å². The van der Waals surface area contributed by atoms with E-state index in [2.05, 4.69) is 48.5 Å². The molecular weight excluding hydrogens is 1270 g/mol. The molecule has 0 saturated carbocycles. The van der Waals surface area contributed by atoms with Crippen molar-refractivity contribution in [3.8, 4) is 0 Å². The quantitative estimate of drug-likeness (QED) is 0.0222. The van der Waals surface area contributed by atoms with Gasteiger partial charge in [-0.05, 0) is 43.4 Å². The second kappa shape index (κ2) is 68.5. The molecule has 0 saturated heterocycles. The summed E-state index contributed by atoms with van der Waals surface area (Å²) in [5.74, 6) is 0.168. The number of carbonyl (C=O) groups excluding carboxylic acids is 4. The van der Waals surface area contributed by atoms with Crippen molar-refractivity contribution >= 4 is 39.5 Å². The lowest BCUT2D eigenvalue weighted by Gasteiger charge is -2.21. The Labute approximate surface area is 594 Å². The van der Waals surface area contributed by atoms with Crippen LogP contribution in [-0.4, -0.2) is 96.7 Å². The zero-order chi connectivity index (χ0) is 71.6. The molecule has 0 heterocycles. The number of aliphatic hydroxyl groups is 1. The number of hydrogen-bond donors (Lipinski definition) is 3. The number of rotatable bonds is 76. The second-order valence-electron chi connectivity index (χ2n) is 29.5. The predicted octanol–water partition coefficient (Wildman–Crippen LogP) is 23.0. The molecule has 97 heavy (non-hydrogen) atoms. The maximum atomic E-state index is 13.1. The Bertz CT molecular complexity index is 1890. The van der Waals surface area contributed by atoms with Crippen molar-refractivity contribution in [3.05, 3.63) is 0 Å². The number of phosphoric acid groups is 2. The van der Waals surface area contributed by atoms with Gasteiger partial charge in [0.15, 0.2) is 12.2 Å². The molecule has 17 nitrogen and oxygen atoms in total. The summed E-state index contributed by atoms with van der Waals surface area (Å²) in [7, 11) is -9.92. The van der Waals surface area contributed by atoms with Gasteiger partial charge in [-0.2, -0.15) is 0 Å². The van der Waals surface area contributed by atoms with E-state index in [0.717, 1.165) is 108 Å². The van der Waals surface area contributed by atoms with Crippen LogP contribution in [0.3, 0.4) is 0 Å². The van der Waals surface area contributed by atoms with Crippen LogP contribution in [0.15, 0.2) is 0 Å². The summed E-state index contributed by atoms with van der Waals surface area (Å²) in [4.78, 5) is 72.9. The molecule has 0 rings (SSSR count). The number of unbranched alkanes of at least 4 members (excludes halogenated alkanes) is 44. The highest BCUT2D eigenvalue weighted by Gasteiger charge is 2.30. The Hall–Kier alpha value is -1.94. The second-order valence-corrected chi connectivity index (χ2v) is 32.4. The normalized spacial score (nSPS) is 14.0. The number of hydrogen-bond acceptors (Lipinski definition) is 15. The number of esters is 4. The third-order valence-electron chi connectivity index (χ3n) is 18.1. The number of aliphatic hydroxyl groups excluding tert-OH is 1. The van der Waals surface area contributed by atoms with Gasteiger partial charge in [-0.1, -0.05) is 350 Å². The largest absolute Gasteiger partial charge is 0.472 e. The Morgan fingerprint density at radius 3 is 0.701 bits per heavy atom. The van der Waals surface area contributed by atoms with Gasteiger partial charge in [0.2, 0.25) is 0 Å². The maximum Gasteiger partial charge on any atom is 0.472 e.